The van der Waals surface area contributed by atoms with Crippen molar-refractivity contribution in [1.29, 1.82) is 0 Å². The van der Waals surface area contributed by atoms with Gasteiger partial charge < -0.3 is 5.73 Å². The minimum absolute atomic E-state index is 0.374. The largest absolute Gasteiger partial charge is 0.399 e. The van der Waals surface area contributed by atoms with Gasteiger partial charge in [0.1, 0.15) is 5.82 Å². The van der Waals surface area contributed by atoms with Crippen molar-refractivity contribution in [3.63, 3.8) is 0 Å². The Kier molecular flexibility index (Phi) is 3.73. The fraction of sp³-hybridized carbons (Fsp3) is 0. The van der Waals surface area contributed by atoms with Gasteiger partial charge >= 0.3 is 0 Å². The highest BCUT2D eigenvalue weighted by Gasteiger charge is 2.16. The predicted octanol–water partition coefficient (Wildman–Crippen LogP) is 3.58. The molecule has 0 radical (unpaired) electrons. The molecule has 0 aliphatic rings. The predicted molar refractivity (Wildman–Crippen MR) is 84.4 cm³/mol. The number of halogens is 3. The first-order chi connectivity index (χ1) is 10.1. The summed E-state index contributed by atoms with van der Waals surface area (Å²) in [6.45, 7) is 0. The Bertz CT molecular complexity index is 752. The molecule has 1 heterocycles. The highest BCUT2D eigenvalue weighted by Crippen LogP contribution is 2.31. The summed E-state index contributed by atoms with van der Waals surface area (Å²) in [7, 11) is 0. The van der Waals surface area contributed by atoms with E-state index in [1.54, 1.807) is 18.2 Å². The van der Waals surface area contributed by atoms with Crippen LogP contribution in [0.2, 0.25) is 0 Å². The number of hydrogen-bond acceptors (Lipinski definition) is 4. The molecule has 0 aliphatic heterocycles. The molecule has 8 heteroatoms. The third-order valence-electron chi connectivity index (χ3n) is 2.84. The number of anilines is 1. The lowest BCUT2D eigenvalue weighted by Gasteiger charge is -2.09. The zero-order valence-corrected chi connectivity index (χ0v) is 13.6. The lowest BCUT2D eigenvalue weighted by molar-refractivity contribution is 0.624. The van der Waals surface area contributed by atoms with Crippen LogP contribution in [-0.2, 0) is 0 Å². The summed E-state index contributed by atoms with van der Waals surface area (Å²) in [6.07, 6.45) is 0. The van der Waals surface area contributed by atoms with Crippen LogP contribution in [-0.4, -0.2) is 20.2 Å². The number of nitrogens with zero attached hydrogens (tertiary/aromatic N) is 4. The molecule has 0 saturated carbocycles. The van der Waals surface area contributed by atoms with Crippen molar-refractivity contribution in [3.05, 3.63) is 51.2 Å². The molecule has 21 heavy (non-hydrogen) atoms. The van der Waals surface area contributed by atoms with E-state index in [-0.39, 0.29) is 5.82 Å². The van der Waals surface area contributed by atoms with Gasteiger partial charge in [0.2, 0.25) is 0 Å². The highest BCUT2D eigenvalue weighted by molar-refractivity contribution is 9.11. The monoisotopic (exact) mass is 411 g/mol. The van der Waals surface area contributed by atoms with Gasteiger partial charge in [-0.05, 0) is 56.7 Å². The number of rotatable bonds is 2. The van der Waals surface area contributed by atoms with Crippen molar-refractivity contribution in [2.45, 2.75) is 0 Å². The number of tetrazole rings is 1. The van der Waals surface area contributed by atoms with Crippen LogP contribution >= 0.6 is 31.9 Å². The highest BCUT2D eigenvalue weighted by atomic mass is 79.9. The molecule has 3 aromatic rings. The molecule has 3 rings (SSSR count). The molecular weight excluding hydrogens is 405 g/mol. The molecule has 0 bridgehead atoms. The summed E-state index contributed by atoms with van der Waals surface area (Å²) in [6, 6.07) is 9.63. The molecule has 1 aromatic heterocycles. The molecule has 2 N–H and O–H groups in total. The standard InChI is InChI=1S/C13H8Br2FN5/c14-10-4-2-8(17)6-9(10)13-18-19-20-21(13)12-5-7(16)1-3-11(12)15/h1-6H,17H2. The van der Waals surface area contributed by atoms with E-state index in [1.165, 1.54) is 16.8 Å². The van der Waals surface area contributed by atoms with Crippen molar-refractivity contribution in [2.24, 2.45) is 0 Å². The van der Waals surface area contributed by atoms with Gasteiger partial charge in [-0.25, -0.2) is 4.39 Å². The Labute approximate surface area is 136 Å². The zero-order valence-electron chi connectivity index (χ0n) is 10.5. The fourth-order valence-corrected chi connectivity index (χ4v) is 2.72. The second-order valence-electron chi connectivity index (χ2n) is 4.25. The van der Waals surface area contributed by atoms with Crippen LogP contribution in [0.3, 0.4) is 0 Å². The van der Waals surface area contributed by atoms with E-state index >= 15 is 0 Å². The van der Waals surface area contributed by atoms with Crippen LogP contribution in [0.1, 0.15) is 0 Å². The van der Waals surface area contributed by atoms with E-state index in [9.17, 15) is 4.39 Å². The first-order valence-corrected chi connectivity index (χ1v) is 7.44. The summed E-state index contributed by atoms with van der Waals surface area (Å²) in [5.41, 5.74) is 7.62. The summed E-state index contributed by atoms with van der Waals surface area (Å²) in [5.74, 6) is 0.0850. The van der Waals surface area contributed by atoms with Crippen LogP contribution in [0.5, 0.6) is 0 Å². The second-order valence-corrected chi connectivity index (χ2v) is 5.96. The maximum Gasteiger partial charge on any atom is 0.188 e. The molecular formula is C13H8Br2FN5. The van der Waals surface area contributed by atoms with Gasteiger partial charge in [0.05, 0.1) is 5.69 Å². The van der Waals surface area contributed by atoms with Crippen LogP contribution < -0.4 is 5.73 Å². The van der Waals surface area contributed by atoms with E-state index in [0.29, 0.717) is 21.7 Å². The van der Waals surface area contributed by atoms with E-state index in [2.05, 4.69) is 47.4 Å². The number of nitrogens with two attached hydrogens (primary N) is 1. The fourth-order valence-electron chi connectivity index (χ4n) is 1.88. The molecule has 5 nitrogen and oxygen atoms in total. The maximum absolute atomic E-state index is 13.5. The SMILES string of the molecule is Nc1ccc(Br)c(-c2nnnn2-c2cc(F)ccc2Br)c1. The molecule has 0 aliphatic carbocycles. The lowest BCUT2D eigenvalue weighted by Crippen LogP contribution is -2.02. The van der Waals surface area contributed by atoms with Crippen molar-refractivity contribution in [1.82, 2.24) is 20.2 Å². The topological polar surface area (TPSA) is 69.6 Å². The molecule has 0 atom stereocenters. The Morgan fingerprint density at radius 2 is 1.81 bits per heavy atom. The third kappa shape index (κ3) is 2.68. The zero-order chi connectivity index (χ0) is 15.0. The van der Waals surface area contributed by atoms with Gasteiger partial charge in [0.15, 0.2) is 5.82 Å². The molecule has 0 unspecified atom stereocenters. The van der Waals surface area contributed by atoms with Gasteiger partial charge in [-0.1, -0.05) is 15.9 Å². The van der Waals surface area contributed by atoms with Crippen LogP contribution in [0, 0.1) is 5.82 Å². The van der Waals surface area contributed by atoms with E-state index in [1.807, 2.05) is 6.07 Å². The van der Waals surface area contributed by atoms with Crippen LogP contribution in [0.4, 0.5) is 10.1 Å². The van der Waals surface area contributed by atoms with E-state index < -0.39 is 0 Å². The maximum atomic E-state index is 13.5. The first kappa shape index (κ1) is 14.2. The third-order valence-corrected chi connectivity index (χ3v) is 4.20. The first-order valence-electron chi connectivity index (χ1n) is 5.85. The minimum atomic E-state index is -0.374. The average Bonchev–Trinajstić information content (AvgIpc) is 2.93. The molecule has 0 amide bonds. The number of benzene rings is 2. The Morgan fingerprint density at radius 3 is 2.62 bits per heavy atom. The van der Waals surface area contributed by atoms with Gasteiger partial charge in [-0.2, -0.15) is 4.68 Å². The summed E-state index contributed by atoms with van der Waals surface area (Å²) >= 11 is 6.81. The van der Waals surface area contributed by atoms with Gasteiger partial charge in [0, 0.05) is 26.3 Å². The Balaban J connectivity index is 2.22. The second kappa shape index (κ2) is 5.53. The van der Waals surface area contributed by atoms with Crippen molar-refractivity contribution < 1.29 is 4.39 Å². The number of nitrogen functional groups attached to an aromatic ring is 1. The van der Waals surface area contributed by atoms with Crippen molar-refractivity contribution in [3.8, 4) is 17.1 Å². The quantitative estimate of drug-likeness (QED) is 0.653. The summed E-state index contributed by atoms with van der Waals surface area (Å²) in [4.78, 5) is 0. The summed E-state index contributed by atoms with van der Waals surface area (Å²) in [5, 5.41) is 11.6. The van der Waals surface area contributed by atoms with Crippen LogP contribution in [0.25, 0.3) is 17.1 Å². The smallest absolute Gasteiger partial charge is 0.188 e. The van der Waals surface area contributed by atoms with Crippen molar-refractivity contribution >= 4 is 37.5 Å². The number of aromatic nitrogens is 4. The van der Waals surface area contributed by atoms with Gasteiger partial charge in [0.25, 0.3) is 0 Å². The lowest BCUT2D eigenvalue weighted by atomic mass is 10.2. The number of hydrogen-bond donors (Lipinski definition) is 1. The van der Waals surface area contributed by atoms with E-state index in [4.69, 9.17) is 5.73 Å². The molecule has 0 fully saturated rings. The molecule has 2 aromatic carbocycles. The van der Waals surface area contributed by atoms with Gasteiger partial charge in [-0.3, -0.25) is 0 Å². The van der Waals surface area contributed by atoms with Crippen LogP contribution in [0.15, 0.2) is 45.3 Å². The average molecular weight is 413 g/mol. The Hall–Kier alpha value is -1.80. The molecule has 0 spiro atoms. The Morgan fingerprint density at radius 1 is 1.05 bits per heavy atom. The molecule has 0 saturated heterocycles. The minimum Gasteiger partial charge on any atom is -0.399 e. The molecule has 106 valence electrons. The van der Waals surface area contributed by atoms with Gasteiger partial charge in [-0.15, -0.1) is 5.10 Å². The normalized spacial score (nSPS) is 10.8. The summed E-state index contributed by atoms with van der Waals surface area (Å²) < 4.78 is 16.4. The van der Waals surface area contributed by atoms with E-state index in [0.717, 1.165) is 10.0 Å². The van der Waals surface area contributed by atoms with Crippen molar-refractivity contribution in [2.75, 3.05) is 5.73 Å².